The van der Waals surface area contributed by atoms with Crippen molar-refractivity contribution in [1.82, 2.24) is 0 Å². The zero-order chi connectivity index (χ0) is 19.9. The number of aromatic hydroxyl groups is 1. The molecule has 3 aromatic rings. The molecule has 0 saturated heterocycles. The zero-order valence-electron chi connectivity index (χ0n) is 15.0. The molecule has 0 fully saturated rings. The third-order valence-electron chi connectivity index (χ3n) is 4.58. The summed E-state index contributed by atoms with van der Waals surface area (Å²) >= 11 is 1.66. The number of nitrogens with zero attached hydrogens (tertiary/aromatic N) is 1. The van der Waals surface area contributed by atoms with Gasteiger partial charge in [-0.25, -0.2) is 8.42 Å². The summed E-state index contributed by atoms with van der Waals surface area (Å²) < 4.78 is 25.3. The molecule has 0 unspecified atom stereocenters. The number of phenols is 1. The van der Waals surface area contributed by atoms with Crippen molar-refractivity contribution in [2.45, 2.75) is 6.42 Å². The molecule has 144 valence electrons. The minimum atomic E-state index is -3.55. The predicted molar refractivity (Wildman–Crippen MR) is 112 cm³/mol. The molecule has 0 saturated carbocycles. The van der Waals surface area contributed by atoms with E-state index < -0.39 is 10.0 Å². The van der Waals surface area contributed by atoms with Crippen LogP contribution in [0.15, 0.2) is 53.9 Å². The molecule has 6 nitrogen and oxygen atoms in total. The fraction of sp³-hybridized carbons (Fsp3) is 0.150. The van der Waals surface area contributed by atoms with Crippen molar-refractivity contribution in [1.29, 1.82) is 0 Å². The van der Waals surface area contributed by atoms with Crippen LogP contribution in [0.1, 0.15) is 15.9 Å². The van der Waals surface area contributed by atoms with E-state index in [0.29, 0.717) is 24.2 Å². The van der Waals surface area contributed by atoms with Gasteiger partial charge >= 0.3 is 0 Å². The molecular formula is C20H18N2O4S2. The second kappa shape index (κ2) is 6.96. The zero-order valence-corrected chi connectivity index (χ0v) is 16.7. The van der Waals surface area contributed by atoms with Gasteiger partial charge in [-0.15, -0.1) is 11.3 Å². The lowest BCUT2D eigenvalue weighted by Gasteiger charge is -2.29. The molecule has 28 heavy (non-hydrogen) atoms. The van der Waals surface area contributed by atoms with Crippen molar-refractivity contribution in [2.75, 3.05) is 22.4 Å². The molecule has 2 aromatic carbocycles. The molecule has 0 aliphatic carbocycles. The molecule has 1 amide bonds. The van der Waals surface area contributed by atoms with E-state index in [1.807, 2.05) is 23.6 Å². The van der Waals surface area contributed by atoms with Crippen LogP contribution in [0.25, 0.3) is 10.4 Å². The van der Waals surface area contributed by atoms with E-state index in [4.69, 9.17) is 0 Å². The first-order chi connectivity index (χ1) is 13.3. The Labute approximate surface area is 167 Å². The molecule has 1 aliphatic rings. The average molecular weight is 415 g/mol. The number of nitrogens with one attached hydrogen (secondary N) is 1. The molecule has 0 bridgehead atoms. The van der Waals surface area contributed by atoms with Crippen molar-refractivity contribution in [3.8, 4) is 16.2 Å². The quantitative estimate of drug-likeness (QED) is 0.638. The van der Waals surface area contributed by atoms with E-state index in [0.717, 1.165) is 22.3 Å². The Balaban J connectivity index is 1.66. The van der Waals surface area contributed by atoms with Gasteiger partial charge in [-0.1, -0.05) is 12.1 Å². The highest BCUT2D eigenvalue weighted by molar-refractivity contribution is 7.92. The maximum Gasteiger partial charge on any atom is 0.258 e. The van der Waals surface area contributed by atoms with Crippen molar-refractivity contribution < 1.29 is 18.3 Å². The smallest absolute Gasteiger partial charge is 0.258 e. The van der Waals surface area contributed by atoms with Crippen molar-refractivity contribution in [2.24, 2.45) is 0 Å². The number of hydrogen-bond donors (Lipinski definition) is 2. The fourth-order valence-corrected chi connectivity index (χ4v) is 4.59. The van der Waals surface area contributed by atoms with E-state index in [2.05, 4.69) is 16.9 Å². The van der Waals surface area contributed by atoms with Crippen LogP contribution in [0, 0.1) is 0 Å². The van der Waals surface area contributed by atoms with Crippen LogP contribution in [-0.4, -0.2) is 32.2 Å². The molecule has 0 radical (unpaired) electrons. The monoisotopic (exact) mass is 414 g/mol. The summed E-state index contributed by atoms with van der Waals surface area (Å²) in [4.78, 5) is 15.8. The average Bonchev–Trinajstić information content (AvgIpc) is 3.17. The Kier molecular flexibility index (Phi) is 4.60. The van der Waals surface area contributed by atoms with Crippen LogP contribution >= 0.6 is 11.3 Å². The van der Waals surface area contributed by atoms with Gasteiger partial charge < -0.3 is 10.0 Å². The molecule has 4 rings (SSSR count). The molecule has 0 atom stereocenters. The third-order valence-corrected chi connectivity index (χ3v) is 6.09. The minimum absolute atomic E-state index is 0.0478. The molecule has 8 heteroatoms. The van der Waals surface area contributed by atoms with Crippen molar-refractivity contribution in [3.63, 3.8) is 0 Å². The van der Waals surface area contributed by atoms with E-state index in [1.54, 1.807) is 22.3 Å². The van der Waals surface area contributed by atoms with Gasteiger partial charge in [-0.3, -0.25) is 9.52 Å². The van der Waals surface area contributed by atoms with E-state index in [9.17, 15) is 18.3 Å². The number of thiophene rings is 1. The lowest BCUT2D eigenvalue weighted by atomic mass is 9.95. The highest BCUT2D eigenvalue weighted by Crippen LogP contribution is 2.33. The van der Waals surface area contributed by atoms with Gasteiger partial charge in [-0.05, 0) is 59.3 Å². The Morgan fingerprint density at radius 3 is 2.68 bits per heavy atom. The standard InChI is InChI=1S/C20H18N2O4S2/c1-28(25,26)21-17-12-15(5-7-18(17)23)22-9-8-13-11-14(19-3-2-10-27-19)4-6-16(13)20(22)24/h2-7,10-12,21,23H,8-9H2,1H3. The lowest BCUT2D eigenvalue weighted by Crippen LogP contribution is -2.37. The summed E-state index contributed by atoms with van der Waals surface area (Å²) in [5.41, 5.74) is 3.31. The summed E-state index contributed by atoms with van der Waals surface area (Å²) in [6.45, 7) is 0.475. The Morgan fingerprint density at radius 1 is 1.14 bits per heavy atom. The number of hydrogen-bond acceptors (Lipinski definition) is 5. The molecule has 2 heterocycles. The van der Waals surface area contributed by atoms with Gasteiger partial charge in [0.15, 0.2) is 0 Å². The Hall–Kier alpha value is -2.84. The van der Waals surface area contributed by atoms with Crippen LogP contribution in [0.3, 0.4) is 0 Å². The number of phenolic OH excluding ortho intramolecular Hbond substituents is 1. The third kappa shape index (κ3) is 3.61. The summed E-state index contributed by atoms with van der Waals surface area (Å²) in [6, 6.07) is 14.4. The van der Waals surface area contributed by atoms with Crippen molar-refractivity contribution >= 4 is 38.6 Å². The molecule has 1 aliphatic heterocycles. The first kappa shape index (κ1) is 18.5. The second-order valence-electron chi connectivity index (χ2n) is 6.63. The first-order valence-corrected chi connectivity index (χ1v) is 11.4. The lowest BCUT2D eigenvalue weighted by molar-refractivity contribution is 0.0980. The van der Waals surface area contributed by atoms with Gasteiger partial charge in [0.25, 0.3) is 5.91 Å². The SMILES string of the molecule is CS(=O)(=O)Nc1cc(N2CCc3cc(-c4cccs4)ccc3C2=O)ccc1O. The number of fused-ring (bicyclic) bond motifs is 1. The van der Waals surface area contributed by atoms with Gasteiger partial charge in [-0.2, -0.15) is 0 Å². The van der Waals surface area contributed by atoms with E-state index in [-0.39, 0.29) is 17.3 Å². The number of anilines is 2. The van der Waals surface area contributed by atoms with Crippen molar-refractivity contribution in [3.05, 3.63) is 65.0 Å². The maximum absolute atomic E-state index is 13.0. The predicted octanol–water partition coefficient (Wildman–Crippen LogP) is 3.70. The maximum atomic E-state index is 13.0. The minimum Gasteiger partial charge on any atom is -0.506 e. The van der Waals surface area contributed by atoms with Gasteiger partial charge in [0.05, 0.1) is 11.9 Å². The Morgan fingerprint density at radius 2 is 1.96 bits per heavy atom. The molecule has 1 aromatic heterocycles. The van der Waals surface area contributed by atoms with E-state index >= 15 is 0 Å². The van der Waals surface area contributed by atoms with Crippen LogP contribution < -0.4 is 9.62 Å². The molecule has 0 spiro atoms. The molecular weight excluding hydrogens is 396 g/mol. The van der Waals surface area contributed by atoms with Gasteiger partial charge in [0, 0.05) is 22.7 Å². The van der Waals surface area contributed by atoms with Crippen LogP contribution in [0.5, 0.6) is 5.75 Å². The number of carbonyl (C=O) groups is 1. The highest BCUT2D eigenvalue weighted by atomic mass is 32.2. The number of rotatable bonds is 4. The van der Waals surface area contributed by atoms with Crippen LogP contribution in [0.2, 0.25) is 0 Å². The summed E-state index contributed by atoms with van der Waals surface area (Å²) in [7, 11) is -3.55. The number of benzene rings is 2. The number of carbonyl (C=O) groups excluding carboxylic acids is 1. The second-order valence-corrected chi connectivity index (χ2v) is 9.33. The fourth-order valence-electron chi connectivity index (χ4n) is 3.30. The van der Waals surface area contributed by atoms with Crippen LogP contribution in [-0.2, 0) is 16.4 Å². The van der Waals surface area contributed by atoms with Gasteiger partial charge in [0.1, 0.15) is 5.75 Å². The van der Waals surface area contributed by atoms with E-state index in [1.165, 1.54) is 12.1 Å². The van der Waals surface area contributed by atoms with Crippen LogP contribution in [0.4, 0.5) is 11.4 Å². The normalized spacial score (nSPS) is 14.0. The number of amides is 1. The topological polar surface area (TPSA) is 86.7 Å². The highest BCUT2D eigenvalue weighted by Gasteiger charge is 2.26. The molecule has 2 N–H and O–H groups in total. The van der Waals surface area contributed by atoms with Gasteiger partial charge in [0.2, 0.25) is 10.0 Å². The first-order valence-electron chi connectivity index (χ1n) is 8.61. The largest absolute Gasteiger partial charge is 0.506 e. The summed E-state index contributed by atoms with van der Waals surface area (Å²) in [5.74, 6) is -0.338. The summed E-state index contributed by atoms with van der Waals surface area (Å²) in [6.07, 6.45) is 1.70. The number of sulfonamides is 1. The Bertz CT molecular complexity index is 1150. The summed E-state index contributed by atoms with van der Waals surface area (Å²) in [5, 5.41) is 11.9.